The predicted octanol–water partition coefficient (Wildman–Crippen LogP) is 2.01. The van der Waals surface area contributed by atoms with E-state index in [1.807, 2.05) is 11.6 Å². The number of aromatic nitrogens is 3. The summed E-state index contributed by atoms with van der Waals surface area (Å²) in [6.07, 6.45) is 3.19. The van der Waals surface area contributed by atoms with E-state index in [9.17, 15) is 0 Å². The first-order valence-electron chi connectivity index (χ1n) is 7.19. The van der Waals surface area contributed by atoms with Gasteiger partial charge < -0.3 is 10.5 Å². The fourth-order valence-electron chi connectivity index (χ4n) is 2.16. The van der Waals surface area contributed by atoms with Gasteiger partial charge in [0.05, 0.1) is 5.60 Å². The Morgan fingerprint density at radius 2 is 2.11 bits per heavy atom. The van der Waals surface area contributed by atoms with Crippen LogP contribution in [-0.2, 0) is 17.7 Å². The molecule has 5 nitrogen and oxygen atoms in total. The van der Waals surface area contributed by atoms with Gasteiger partial charge in [0.1, 0.15) is 12.2 Å². The molecule has 0 saturated carbocycles. The van der Waals surface area contributed by atoms with Crippen LogP contribution in [0, 0.1) is 5.92 Å². The van der Waals surface area contributed by atoms with E-state index >= 15 is 0 Å². The van der Waals surface area contributed by atoms with Gasteiger partial charge in [0.15, 0.2) is 0 Å². The molecule has 1 rings (SSSR count). The first-order chi connectivity index (χ1) is 8.92. The zero-order valence-electron chi connectivity index (χ0n) is 12.9. The highest BCUT2D eigenvalue weighted by molar-refractivity contribution is 4.96. The summed E-state index contributed by atoms with van der Waals surface area (Å²) < 4.78 is 7.78. The summed E-state index contributed by atoms with van der Waals surface area (Å²) in [7, 11) is 0. The summed E-state index contributed by atoms with van der Waals surface area (Å²) in [6, 6.07) is -0.0763. The average Bonchev–Trinajstić information content (AvgIpc) is 2.76. The summed E-state index contributed by atoms with van der Waals surface area (Å²) in [5.74, 6) is 1.49. The van der Waals surface area contributed by atoms with Gasteiger partial charge in [-0.05, 0) is 26.2 Å². The third-order valence-corrected chi connectivity index (χ3v) is 3.60. The highest BCUT2D eigenvalue weighted by Gasteiger charge is 2.31. The Bertz CT molecular complexity index is 377. The molecule has 1 aromatic heterocycles. The molecule has 0 saturated heterocycles. The van der Waals surface area contributed by atoms with Crippen LogP contribution in [0.2, 0.25) is 0 Å². The molecule has 0 amide bonds. The summed E-state index contributed by atoms with van der Waals surface area (Å²) in [4.78, 5) is 4.33. The van der Waals surface area contributed by atoms with Crippen molar-refractivity contribution in [2.24, 2.45) is 11.7 Å². The van der Waals surface area contributed by atoms with Gasteiger partial charge in [-0.2, -0.15) is 5.10 Å². The van der Waals surface area contributed by atoms with Crippen LogP contribution in [0.25, 0.3) is 0 Å². The fraction of sp³-hybridized carbons (Fsp3) is 0.857. The van der Waals surface area contributed by atoms with Crippen LogP contribution in [0.15, 0.2) is 6.33 Å². The van der Waals surface area contributed by atoms with Crippen LogP contribution in [0.5, 0.6) is 0 Å². The van der Waals surface area contributed by atoms with E-state index < -0.39 is 0 Å². The van der Waals surface area contributed by atoms with Crippen molar-refractivity contribution in [3.8, 4) is 0 Å². The normalized spacial score (nSPS) is 16.6. The van der Waals surface area contributed by atoms with E-state index in [4.69, 9.17) is 10.5 Å². The van der Waals surface area contributed by atoms with Gasteiger partial charge in [0.25, 0.3) is 0 Å². The lowest BCUT2D eigenvalue weighted by Gasteiger charge is -2.34. The van der Waals surface area contributed by atoms with E-state index in [0.29, 0.717) is 18.9 Å². The van der Waals surface area contributed by atoms with Crippen molar-refractivity contribution in [3.63, 3.8) is 0 Å². The van der Waals surface area contributed by atoms with Crippen LogP contribution in [0.3, 0.4) is 0 Å². The molecule has 2 atom stereocenters. The minimum Gasteiger partial charge on any atom is -0.374 e. The highest BCUT2D eigenvalue weighted by Crippen LogP contribution is 2.21. The molecule has 2 unspecified atom stereocenters. The molecule has 1 heterocycles. The molecule has 110 valence electrons. The molecule has 0 aliphatic heterocycles. The van der Waals surface area contributed by atoms with Crippen LogP contribution in [0.1, 0.15) is 46.9 Å². The molecule has 2 N–H and O–H groups in total. The topological polar surface area (TPSA) is 66.0 Å². The lowest BCUT2D eigenvalue weighted by atomic mass is 9.91. The Balaban J connectivity index is 2.75. The molecule has 5 heteroatoms. The second kappa shape index (κ2) is 7.01. The lowest BCUT2D eigenvalue weighted by Crippen LogP contribution is -2.49. The molecule has 0 radical (unpaired) electrons. The largest absolute Gasteiger partial charge is 0.374 e. The average molecular weight is 268 g/mol. The van der Waals surface area contributed by atoms with Gasteiger partial charge in [0, 0.05) is 25.6 Å². The maximum atomic E-state index is 6.33. The molecule has 0 fully saturated rings. The minimum atomic E-state index is -0.302. The first kappa shape index (κ1) is 16.1. The van der Waals surface area contributed by atoms with Crippen molar-refractivity contribution in [2.45, 2.75) is 65.6 Å². The van der Waals surface area contributed by atoms with Crippen LogP contribution >= 0.6 is 0 Å². The van der Waals surface area contributed by atoms with E-state index in [0.717, 1.165) is 18.8 Å². The quantitative estimate of drug-likeness (QED) is 0.783. The molecule has 19 heavy (non-hydrogen) atoms. The van der Waals surface area contributed by atoms with Gasteiger partial charge in [0.2, 0.25) is 0 Å². The SMILES string of the molecule is CCOC(C)(CC)C(N)Cc1ncnn1CC(C)C. The van der Waals surface area contributed by atoms with Crippen molar-refractivity contribution in [1.29, 1.82) is 0 Å². The Morgan fingerprint density at radius 3 is 2.63 bits per heavy atom. The van der Waals surface area contributed by atoms with Crippen molar-refractivity contribution in [2.75, 3.05) is 6.61 Å². The molecule has 0 aromatic carbocycles. The Morgan fingerprint density at radius 1 is 1.42 bits per heavy atom. The molecule has 0 aliphatic rings. The van der Waals surface area contributed by atoms with Crippen molar-refractivity contribution in [3.05, 3.63) is 12.2 Å². The number of hydrogen-bond donors (Lipinski definition) is 1. The highest BCUT2D eigenvalue weighted by atomic mass is 16.5. The second-order valence-corrected chi connectivity index (χ2v) is 5.66. The second-order valence-electron chi connectivity index (χ2n) is 5.66. The molecule has 0 spiro atoms. The zero-order valence-corrected chi connectivity index (χ0v) is 12.9. The molecule has 0 bridgehead atoms. The number of rotatable bonds is 8. The number of ether oxygens (including phenoxy) is 1. The fourth-order valence-corrected chi connectivity index (χ4v) is 2.16. The third-order valence-electron chi connectivity index (χ3n) is 3.60. The summed E-state index contributed by atoms with van der Waals surface area (Å²) in [6.45, 7) is 12.1. The smallest absolute Gasteiger partial charge is 0.138 e. The van der Waals surface area contributed by atoms with Gasteiger partial charge in [-0.3, -0.25) is 0 Å². The number of nitrogens with two attached hydrogens (primary N) is 1. The van der Waals surface area contributed by atoms with Crippen LogP contribution in [0.4, 0.5) is 0 Å². The minimum absolute atomic E-state index is 0.0763. The summed E-state index contributed by atoms with van der Waals surface area (Å²) >= 11 is 0. The standard InChI is InChI=1S/C14H28N4O/c1-6-14(5,19-7-2)12(15)8-13-16-10-17-18(13)9-11(3)4/h10-12H,6-9,15H2,1-5H3. The first-order valence-corrected chi connectivity index (χ1v) is 7.19. The Hall–Kier alpha value is -0.940. The molecule has 1 aromatic rings. The summed E-state index contributed by atoms with van der Waals surface area (Å²) in [5.41, 5.74) is 6.03. The summed E-state index contributed by atoms with van der Waals surface area (Å²) in [5, 5.41) is 4.27. The van der Waals surface area contributed by atoms with E-state index in [1.165, 1.54) is 0 Å². The van der Waals surface area contributed by atoms with E-state index in [2.05, 4.69) is 37.8 Å². The zero-order chi connectivity index (χ0) is 14.5. The van der Waals surface area contributed by atoms with Crippen LogP contribution in [-0.4, -0.2) is 33.0 Å². The van der Waals surface area contributed by atoms with Gasteiger partial charge in [-0.25, -0.2) is 9.67 Å². The monoisotopic (exact) mass is 268 g/mol. The Kier molecular flexibility index (Phi) is 5.94. The number of nitrogens with zero attached hydrogens (tertiary/aromatic N) is 3. The van der Waals surface area contributed by atoms with Gasteiger partial charge in [-0.1, -0.05) is 20.8 Å². The van der Waals surface area contributed by atoms with Crippen molar-refractivity contribution < 1.29 is 4.74 Å². The molecule has 0 aliphatic carbocycles. The lowest BCUT2D eigenvalue weighted by molar-refractivity contribution is -0.0467. The van der Waals surface area contributed by atoms with Crippen LogP contribution < -0.4 is 5.73 Å². The van der Waals surface area contributed by atoms with Crippen molar-refractivity contribution >= 4 is 0 Å². The van der Waals surface area contributed by atoms with E-state index in [1.54, 1.807) is 6.33 Å². The molecular formula is C14H28N4O. The van der Waals surface area contributed by atoms with Gasteiger partial charge >= 0.3 is 0 Å². The maximum Gasteiger partial charge on any atom is 0.138 e. The van der Waals surface area contributed by atoms with E-state index in [-0.39, 0.29) is 11.6 Å². The van der Waals surface area contributed by atoms with Crippen molar-refractivity contribution in [1.82, 2.24) is 14.8 Å². The maximum absolute atomic E-state index is 6.33. The third kappa shape index (κ3) is 4.28. The molecular weight excluding hydrogens is 240 g/mol. The number of hydrogen-bond acceptors (Lipinski definition) is 4. The van der Waals surface area contributed by atoms with Gasteiger partial charge in [-0.15, -0.1) is 0 Å². The Labute approximate surface area is 116 Å². The predicted molar refractivity (Wildman–Crippen MR) is 76.9 cm³/mol.